The molecule has 0 saturated heterocycles. The van der Waals surface area contributed by atoms with E-state index in [9.17, 15) is 0 Å². The lowest BCUT2D eigenvalue weighted by Crippen LogP contribution is -2.13. The second kappa shape index (κ2) is 6.93. The van der Waals surface area contributed by atoms with Crippen molar-refractivity contribution in [3.8, 4) is 5.75 Å². The van der Waals surface area contributed by atoms with Crippen molar-refractivity contribution < 1.29 is 6.11 Å². The fourth-order valence-corrected chi connectivity index (χ4v) is 2.80. The Morgan fingerprint density at radius 1 is 1.23 bits per heavy atom. The molecule has 0 spiro atoms. The van der Waals surface area contributed by atoms with Gasteiger partial charge in [0.15, 0.2) is 0 Å². The smallest absolute Gasteiger partial charge is 0.127 e. The third-order valence-corrected chi connectivity index (χ3v) is 4.07. The molecule has 0 aliphatic carbocycles. The first-order valence-corrected chi connectivity index (χ1v) is 8.09. The largest absolute Gasteiger partial charge is 0.490 e. The summed E-state index contributed by atoms with van der Waals surface area (Å²) >= 11 is 3.49. The molecule has 22 heavy (non-hydrogen) atoms. The molecule has 0 amide bonds. The maximum absolute atomic E-state index is 8.48. The van der Waals surface area contributed by atoms with Crippen LogP contribution in [0.15, 0.2) is 65.4 Å². The number of aryl methyl sites for hydroxylation is 1. The van der Waals surface area contributed by atoms with E-state index in [-0.39, 0.29) is 0 Å². The van der Waals surface area contributed by atoms with Crippen LogP contribution in [0.25, 0.3) is 10.8 Å². The fraction of sp³-hybridized carbons (Fsp3) is 0.211. The zero-order valence-corrected chi connectivity index (χ0v) is 14.0. The number of aromatic nitrogens is 1. The molecule has 1 aromatic heterocycles. The molecule has 2 aromatic carbocycles. The van der Waals surface area contributed by atoms with Crippen LogP contribution < -0.4 is 4.74 Å². The average Bonchev–Trinajstić information content (AvgIpc) is 2.54. The molecule has 0 aliphatic heterocycles. The first-order chi connectivity index (χ1) is 11.0. The van der Waals surface area contributed by atoms with E-state index < -0.39 is 6.08 Å². The molecule has 0 bridgehead atoms. The quantitative estimate of drug-likeness (QED) is 0.610. The number of rotatable bonds is 5. The predicted molar refractivity (Wildman–Crippen MR) is 94.3 cm³/mol. The average molecular weight is 357 g/mol. The summed E-state index contributed by atoms with van der Waals surface area (Å²) in [5.41, 5.74) is 1.12. The fourth-order valence-electron chi connectivity index (χ4n) is 2.42. The standard InChI is InChI=1S/C19H18BrNO/c1-14(7-8-15-4-3-11-21-13-15)22-19-6-2-5-16-12-17(20)9-10-18(16)19/h2-6,9-14H,7-8H2,1H3/t14-/m0/s1/i14D. The Balaban J connectivity index is 1.77. The molecule has 0 aliphatic rings. The van der Waals surface area contributed by atoms with Crippen LogP contribution in [0, 0.1) is 0 Å². The molecule has 0 radical (unpaired) electrons. The highest BCUT2D eigenvalue weighted by Gasteiger charge is 2.08. The molecule has 3 aromatic rings. The summed E-state index contributed by atoms with van der Waals surface area (Å²) in [5, 5.41) is 2.12. The highest BCUT2D eigenvalue weighted by molar-refractivity contribution is 9.10. The number of fused-ring (bicyclic) bond motifs is 1. The lowest BCUT2D eigenvalue weighted by molar-refractivity contribution is 0.214. The topological polar surface area (TPSA) is 22.1 Å². The van der Waals surface area contributed by atoms with Crippen molar-refractivity contribution >= 4 is 26.7 Å². The maximum atomic E-state index is 8.48. The first kappa shape index (κ1) is 13.8. The third-order valence-electron chi connectivity index (χ3n) is 3.58. The summed E-state index contributed by atoms with van der Waals surface area (Å²) < 4.78 is 15.5. The van der Waals surface area contributed by atoms with Crippen molar-refractivity contribution in [1.82, 2.24) is 4.98 Å². The predicted octanol–water partition coefficient (Wildman–Crippen LogP) is 5.40. The van der Waals surface area contributed by atoms with Gasteiger partial charge in [-0.3, -0.25) is 4.98 Å². The number of ether oxygens (including phenoxy) is 1. The normalized spacial score (nSPS) is 14.4. The van der Waals surface area contributed by atoms with Crippen molar-refractivity contribution in [2.45, 2.75) is 25.8 Å². The van der Waals surface area contributed by atoms with Gasteiger partial charge >= 0.3 is 0 Å². The van der Waals surface area contributed by atoms with E-state index in [2.05, 4.69) is 27.0 Å². The molecule has 112 valence electrons. The lowest BCUT2D eigenvalue weighted by atomic mass is 10.1. The highest BCUT2D eigenvalue weighted by atomic mass is 79.9. The van der Waals surface area contributed by atoms with E-state index in [1.165, 1.54) is 0 Å². The van der Waals surface area contributed by atoms with E-state index >= 15 is 0 Å². The molecule has 0 fully saturated rings. The molecule has 0 saturated carbocycles. The van der Waals surface area contributed by atoms with Crippen molar-refractivity contribution in [2.24, 2.45) is 0 Å². The molecule has 2 nitrogen and oxygen atoms in total. The summed E-state index contributed by atoms with van der Waals surface area (Å²) in [6.07, 6.45) is 3.98. The van der Waals surface area contributed by atoms with E-state index in [0.29, 0.717) is 6.42 Å². The van der Waals surface area contributed by atoms with Gasteiger partial charge in [-0.2, -0.15) is 0 Å². The van der Waals surface area contributed by atoms with Gasteiger partial charge in [0.2, 0.25) is 0 Å². The minimum absolute atomic E-state index is 0.603. The van der Waals surface area contributed by atoms with E-state index in [1.54, 1.807) is 13.1 Å². The number of hydrogen-bond donors (Lipinski definition) is 0. The summed E-state index contributed by atoms with van der Waals surface area (Å²) in [7, 11) is 0. The van der Waals surface area contributed by atoms with Crippen molar-refractivity contribution in [3.63, 3.8) is 0 Å². The number of pyridine rings is 1. The second-order valence-corrected chi connectivity index (χ2v) is 6.20. The maximum Gasteiger partial charge on any atom is 0.127 e. The van der Waals surface area contributed by atoms with Crippen LogP contribution in [-0.2, 0) is 6.42 Å². The van der Waals surface area contributed by atoms with Gasteiger partial charge in [-0.15, -0.1) is 0 Å². The third kappa shape index (κ3) is 3.66. The van der Waals surface area contributed by atoms with Gasteiger partial charge in [0.1, 0.15) is 5.75 Å². The van der Waals surface area contributed by atoms with Crippen molar-refractivity contribution in [2.75, 3.05) is 0 Å². The molecule has 0 unspecified atom stereocenters. The number of halogens is 1. The molecule has 1 atom stereocenters. The summed E-state index contributed by atoms with van der Waals surface area (Å²) in [6, 6.07) is 15.9. The Kier molecular flexibility index (Phi) is 4.34. The summed E-state index contributed by atoms with van der Waals surface area (Å²) in [5.74, 6) is 0.749. The minimum Gasteiger partial charge on any atom is -0.490 e. The molecule has 0 N–H and O–H groups in total. The van der Waals surface area contributed by atoms with E-state index in [4.69, 9.17) is 6.11 Å². The number of nitrogens with zero attached hydrogens (tertiary/aromatic N) is 1. The first-order valence-electron chi connectivity index (χ1n) is 7.80. The number of hydrogen-bond acceptors (Lipinski definition) is 2. The minimum atomic E-state index is -0.989. The van der Waals surface area contributed by atoms with Gasteiger partial charge in [-0.1, -0.05) is 34.1 Å². The van der Waals surface area contributed by atoms with Crippen LogP contribution in [-0.4, -0.2) is 11.1 Å². The van der Waals surface area contributed by atoms with E-state index in [0.717, 1.165) is 33.0 Å². The Morgan fingerprint density at radius 3 is 2.95 bits per heavy atom. The second-order valence-electron chi connectivity index (χ2n) is 5.29. The van der Waals surface area contributed by atoms with Gasteiger partial charge in [0.25, 0.3) is 0 Å². The highest BCUT2D eigenvalue weighted by Crippen LogP contribution is 2.29. The van der Waals surface area contributed by atoms with Gasteiger partial charge in [0.05, 0.1) is 7.45 Å². The van der Waals surface area contributed by atoms with Gasteiger partial charge < -0.3 is 4.74 Å². The molecule has 3 heteroatoms. The zero-order chi connectivity index (χ0) is 16.3. The molecule has 1 heterocycles. The SMILES string of the molecule is [2H][C@](C)(CCc1cccnc1)Oc1cccc2cc(Br)ccc12. The van der Waals surface area contributed by atoms with Crippen LogP contribution in [0.2, 0.25) is 0 Å². The summed E-state index contributed by atoms with van der Waals surface area (Å²) in [6.45, 7) is 1.81. The van der Waals surface area contributed by atoms with E-state index in [1.807, 2.05) is 48.7 Å². The van der Waals surface area contributed by atoms with Crippen LogP contribution in [0.1, 0.15) is 20.3 Å². The monoisotopic (exact) mass is 356 g/mol. The van der Waals surface area contributed by atoms with Crippen LogP contribution >= 0.6 is 15.9 Å². The Hall–Kier alpha value is -1.87. The number of benzene rings is 2. The Labute approximate surface area is 140 Å². The Morgan fingerprint density at radius 2 is 2.14 bits per heavy atom. The van der Waals surface area contributed by atoms with Crippen molar-refractivity contribution in [1.29, 1.82) is 0 Å². The molecular formula is C19H18BrNO. The van der Waals surface area contributed by atoms with Crippen LogP contribution in [0.3, 0.4) is 0 Å². The zero-order valence-electron chi connectivity index (χ0n) is 13.4. The summed E-state index contributed by atoms with van der Waals surface area (Å²) in [4.78, 5) is 4.11. The Bertz CT molecular complexity index is 805. The van der Waals surface area contributed by atoms with Gasteiger partial charge in [0, 0.05) is 22.3 Å². The van der Waals surface area contributed by atoms with Crippen molar-refractivity contribution in [3.05, 3.63) is 71.0 Å². The van der Waals surface area contributed by atoms with Crippen LogP contribution in [0.5, 0.6) is 5.75 Å². The molecular weight excluding hydrogens is 338 g/mol. The molecule has 3 rings (SSSR count). The van der Waals surface area contributed by atoms with Crippen LogP contribution in [0.4, 0.5) is 0 Å². The lowest BCUT2D eigenvalue weighted by Gasteiger charge is -2.16. The van der Waals surface area contributed by atoms with Gasteiger partial charge in [-0.25, -0.2) is 0 Å². The van der Waals surface area contributed by atoms with Gasteiger partial charge in [-0.05, 0) is 61.0 Å².